The highest BCUT2D eigenvalue weighted by Crippen LogP contribution is 2.28. The summed E-state index contributed by atoms with van der Waals surface area (Å²) in [4.78, 5) is 17.9. The van der Waals surface area contributed by atoms with Crippen LogP contribution < -0.4 is 15.0 Å². The highest BCUT2D eigenvalue weighted by molar-refractivity contribution is 9.10. The van der Waals surface area contributed by atoms with Gasteiger partial charge in [-0.2, -0.15) is 9.78 Å². The van der Waals surface area contributed by atoms with Crippen LogP contribution >= 0.6 is 31.9 Å². The van der Waals surface area contributed by atoms with Crippen LogP contribution in [-0.4, -0.2) is 23.0 Å². The molecule has 6 nitrogen and oxygen atoms in total. The first-order valence-corrected chi connectivity index (χ1v) is 12.3. The van der Waals surface area contributed by atoms with Gasteiger partial charge in [0.25, 0.3) is 5.56 Å². The average molecular weight is 585 g/mol. The van der Waals surface area contributed by atoms with Crippen LogP contribution in [0.5, 0.6) is 11.5 Å². The smallest absolute Gasteiger partial charge is 0.282 e. The molecule has 1 aromatic heterocycles. The molecule has 0 fully saturated rings. The van der Waals surface area contributed by atoms with E-state index in [-0.39, 0.29) is 11.5 Å². The number of fused-ring (bicyclic) bond motifs is 1. The zero-order valence-electron chi connectivity index (χ0n) is 19.0. The topological polar surface area (TPSA) is 65.7 Å². The van der Waals surface area contributed by atoms with Crippen LogP contribution in [0.2, 0.25) is 0 Å². The Bertz CT molecular complexity index is 1410. The van der Waals surface area contributed by atoms with Crippen LogP contribution in [0.25, 0.3) is 10.9 Å². The third-order valence-electron chi connectivity index (χ3n) is 5.17. The van der Waals surface area contributed by atoms with E-state index in [0.29, 0.717) is 34.8 Å². The largest absolute Gasteiger partial charge is 0.493 e. The van der Waals surface area contributed by atoms with Crippen LogP contribution in [0.3, 0.4) is 0 Å². The lowest BCUT2D eigenvalue weighted by molar-refractivity contribution is 0.284. The maximum atomic E-state index is 13.2. The molecular formula is C26H23Br2N3O3. The van der Waals surface area contributed by atoms with Gasteiger partial charge in [0.05, 0.1) is 24.2 Å². The Labute approximate surface area is 214 Å². The molecule has 0 N–H and O–H groups in total. The molecule has 0 amide bonds. The van der Waals surface area contributed by atoms with Crippen molar-refractivity contribution in [2.45, 2.75) is 26.4 Å². The SMILES string of the molecule is COc1cc(C=Nn2c(C(C)C)nc3ccc(Br)cc3c2=O)ccc1OCc1ccc(Br)cc1. The third kappa shape index (κ3) is 5.39. The minimum Gasteiger partial charge on any atom is -0.493 e. The second kappa shape index (κ2) is 10.5. The number of benzene rings is 3. The lowest BCUT2D eigenvalue weighted by Crippen LogP contribution is -2.23. The summed E-state index contributed by atoms with van der Waals surface area (Å²) in [5.74, 6) is 1.82. The minimum absolute atomic E-state index is 0.0156. The first-order chi connectivity index (χ1) is 16.4. The molecule has 0 aliphatic heterocycles. The standard InChI is InChI=1S/C26H23Br2N3O3/c1-16(2)25-30-22-10-9-20(28)13-21(22)26(32)31(25)29-14-18-6-11-23(24(12-18)33-3)34-15-17-4-7-19(27)8-5-17/h4-14,16H,15H2,1-3H3. The average Bonchev–Trinajstić information content (AvgIpc) is 2.83. The van der Waals surface area contributed by atoms with Gasteiger partial charge in [0.1, 0.15) is 12.4 Å². The van der Waals surface area contributed by atoms with Crippen molar-refractivity contribution in [2.75, 3.05) is 7.11 Å². The van der Waals surface area contributed by atoms with Crippen LogP contribution in [0.15, 0.2) is 79.5 Å². The zero-order chi connectivity index (χ0) is 24.2. The van der Waals surface area contributed by atoms with E-state index < -0.39 is 0 Å². The number of aromatic nitrogens is 2. The Balaban J connectivity index is 1.63. The molecule has 3 aromatic carbocycles. The molecule has 0 unspecified atom stereocenters. The van der Waals surface area contributed by atoms with Crippen LogP contribution in [0.1, 0.15) is 36.7 Å². The monoisotopic (exact) mass is 583 g/mol. The van der Waals surface area contributed by atoms with Crippen molar-refractivity contribution < 1.29 is 9.47 Å². The summed E-state index contributed by atoms with van der Waals surface area (Å²) in [6.45, 7) is 4.39. The maximum Gasteiger partial charge on any atom is 0.282 e. The van der Waals surface area contributed by atoms with Crippen molar-refractivity contribution in [1.29, 1.82) is 0 Å². The van der Waals surface area contributed by atoms with E-state index in [1.807, 2.05) is 68.4 Å². The molecule has 0 bridgehead atoms. The molecule has 0 saturated carbocycles. The molecule has 0 atom stereocenters. The van der Waals surface area contributed by atoms with Crippen molar-refractivity contribution in [3.63, 3.8) is 0 Å². The highest BCUT2D eigenvalue weighted by atomic mass is 79.9. The Morgan fingerprint density at radius 3 is 2.44 bits per heavy atom. The number of methoxy groups -OCH3 is 1. The van der Waals surface area contributed by atoms with Gasteiger partial charge in [-0.15, -0.1) is 0 Å². The van der Waals surface area contributed by atoms with Gasteiger partial charge in [0.2, 0.25) is 0 Å². The number of ether oxygens (including phenoxy) is 2. The number of rotatable bonds is 7. The van der Waals surface area contributed by atoms with Crippen molar-refractivity contribution in [3.05, 3.63) is 96.9 Å². The quantitative estimate of drug-likeness (QED) is 0.232. The van der Waals surface area contributed by atoms with Gasteiger partial charge < -0.3 is 9.47 Å². The number of hydrogen-bond donors (Lipinski definition) is 0. The van der Waals surface area contributed by atoms with E-state index in [1.54, 1.807) is 19.4 Å². The van der Waals surface area contributed by atoms with Crippen molar-refractivity contribution in [1.82, 2.24) is 9.66 Å². The molecule has 8 heteroatoms. The van der Waals surface area contributed by atoms with Gasteiger partial charge >= 0.3 is 0 Å². The molecule has 4 aromatic rings. The van der Waals surface area contributed by atoms with Crippen LogP contribution in [-0.2, 0) is 6.61 Å². The van der Waals surface area contributed by atoms with Crippen molar-refractivity contribution in [2.24, 2.45) is 5.10 Å². The van der Waals surface area contributed by atoms with E-state index in [0.717, 1.165) is 20.1 Å². The lowest BCUT2D eigenvalue weighted by Gasteiger charge is -2.13. The number of hydrogen-bond acceptors (Lipinski definition) is 5. The Kier molecular flexibility index (Phi) is 7.48. The Hall–Kier alpha value is -2.97. The van der Waals surface area contributed by atoms with E-state index in [9.17, 15) is 4.79 Å². The summed E-state index contributed by atoms with van der Waals surface area (Å²) >= 11 is 6.86. The van der Waals surface area contributed by atoms with E-state index >= 15 is 0 Å². The molecule has 0 radical (unpaired) electrons. The predicted molar refractivity (Wildman–Crippen MR) is 142 cm³/mol. The molecule has 174 valence electrons. The summed E-state index contributed by atoms with van der Waals surface area (Å²) in [6.07, 6.45) is 1.62. The summed E-state index contributed by atoms with van der Waals surface area (Å²) in [7, 11) is 1.59. The van der Waals surface area contributed by atoms with Crippen molar-refractivity contribution in [3.8, 4) is 11.5 Å². The fourth-order valence-corrected chi connectivity index (χ4v) is 4.03. The van der Waals surface area contributed by atoms with E-state index in [2.05, 4.69) is 41.9 Å². The summed E-state index contributed by atoms with van der Waals surface area (Å²) in [5.41, 5.74) is 2.25. The predicted octanol–water partition coefficient (Wildman–Crippen LogP) is 6.51. The second-order valence-corrected chi connectivity index (χ2v) is 9.80. The summed E-state index contributed by atoms with van der Waals surface area (Å²) < 4.78 is 14.7. The van der Waals surface area contributed by atoms with Gasteiger partial charge in [0, 0.05) is 14.9 Å². The molecule has 0 aliphatic rings. The van der Waals surface area contributed by atoms with Gasteiger partial charge in [0.15, 0.2) is 11.5 Å². The molecule has 0 aliphatic carbocycles. The maximum absolute atomic E-state index is 13.2. The number of nitrogens with zero attached hydrogens (tertiary/aromatic N) is 3. The zero-order valence-corrected chi connectivity index (χ0v) is 22.1. The van der Waals surface area contributed by atoms with Gasteiger partial charge in [-0.25, -0.2) is 4.98 Å². The van der Waals surface area contributed by atoms with E-state index in [4.69, 9.17) is 9.47 Å². The van der Waals surface area contributed by atoms with Gasteiger partial charge in [-0.1, -0.05) is 57.8 Å². The highest BCUT2D eigenvalue weighted by Gasteiger charge is 2.14. The number of halogens is 2. The van der Waals surface area contributed by atoms with Gasteiger partial charge in [-0.05, 0) is 59.7 Å². The molecular weight excluding hydrogens is 562 g/mol. The third-order valence-corrected chi connectivity index (χ3v) is 6.19. The summed E-state index contributed by atoms with van der Waals surface area (Å²) in [6, 6.07) is 18.9. The van der Waals surface area contributed by atoms with Crippen LogP contribution in [0.4, 0.5) is 0 Å². The Morgan fingerprint density at radius 2 is 1.74 bits per heavy atom. The Morgan fingerprint density at radius 1 is 1.00 bits per heavy atom. The first kappa shape index (κ1) is 24.2. The summed E-state index contributed by atoms with van der Waals surface area (Å²) in [5, 5.41) is 4.99. The molecule has 0 spiro atoms. The first-order valence-electron chi connectivity index (χ1n) is 10.7. The second-order valence-electron chi connectivity index (χ2n) is 7.97. The minimum atomic E-state index is -0.215. The molecule has 34 heavy (non-hydrogen) atoms. The van der Waals surface area contributed by atoms with Gasteiger partial charge in [-0.3, -0.25) is 4.79 Å². The van der Waals surface area contributed by atoms with Crippen LogP contribution in [0, 0.1) is 0 Å². The van der Waals surface area contributed by atoms with Crippen molar-refractivity contribution >= 4 is 49.0 Å². The lowest BCUT2D eigenvalue weighted by atomic mass is 10.2. The fraction of sp³-hybridized carbons (Fsp3) is 0.192. The molecule has 1 heterocycles. The normalized spacial score (nSPS) is 11.5. The fourth-order valence-electron chi connectivity index (χ4n) is 3.40. The van der Waals surface area contributed by atoms with E-state index in [1.165, 1.54) is 4.68 Å². The molecule has 0 saturated heterocycles. The molecule has 4 rings (SSSR count).